The number of aromatic amines is 1. The average Bonchev–Trinajstić information content (AvgIpc) is 2.65. The Bertz CT molecular complexity index is 521. The molecule has 2 aromatic rings. The highest BCUT2D eigenvalue weighted by Gasteiger charge is 2.05. The van der Waals surface area contributed by atoms with Gasteiger partial charge in [-0.3, -0.25) is 5.10 Å². The molecule has 16 heavy (non-hydrogen) atoms. The van der Waals surface area contributed by atoms with Crippen LogP contribution < -0.4 is 4.74 Å². The minimum Gasteiger partial charge on any atom is -0.435 e. The first-order valence-corrected chi connectivity index (χ1v) is 5.48. The normalized spacial score (nSPS) is 10.7. The van der Waals surface area contributed by atoms with Gasteiger partial charge in [-0.25, -0.2) is 0 Å². The van der Waals surface area contributed by atoms with Crippen molar-refractivity contribution < 1.29 is 13.5 Å². The second-order valence-electron chi connectivity index (χ2n) is 2.82. The van der Waals surface area contributed by atoms with Crippen molar-refractivity contribution >= 4 is 23.6 Å². The molecular formula is C9H6F2N2OS2. The van der Waals surface area contributed by atoms with Crippen molar-refractivity contribution in [2.24, 2.45) is 0 Å². The third-order valence-corrected chi connectivity index (χ3v) is 2.90. The summed E-state index contributed by atoms with van der Waals surface area (Å²) in [5.74, 6) is 0.123. The molecule has 0 atom stereocenters. The summed E-state index contributed by atoms with van der Waals surface area (Å²) in [6.07, 6.45) is 0. The molecule has 0 unspecified atom stereocenters. The lowest BCUT2D eigenvalue weighted by molar-refractivity contribution is -0.0498. The van der Waals surface area contributed by atoms with E-state index in [1.165, 1.54) is 23.5 Å². The molecule has 3 nitrogen and oxygen atoms in total. The van der Waals surface area contributed by atoms with Gasteiger partial charge in [0, 0.05) is 5.56 Å². The van der Waals surface area contributed by atoms with Crippen LogP contribution in [0.5, 0.6) is 5.75 Å². The number of nitrogens with one attached hydrogen (secondary N) is 1. The second-order valence-corrected chi connectivity index (χ2v) is 4.49. The van der Waals surface area contributed by atoms with E-state index in [2.05, 4.69) is 14.9 Å². The summed E-state index contributed by atoms with van der Waals surface area (Å²) in [5, 5.41) is 7.34. The molecule has 7 heteroatoms. The molecule has 0 radical (unpaired) electrons. The van der Waals surface area contributed by atoms with Gasteiger partial charge in [-0.05, 0) is 36.5 Å². The molecule has 0 saturated carbocycles. The number of rotatable bonds is 3. The summed E-state index contributed by atoms with van der Waals surface area (Å²) in [6, 6.07) is 6.23. The number of benzene rings is 1. The SMILES string of the molecule is FC(F)Oc1ccc(-c2n[nH]c(=S)s2)cc1. The lowest BCUT2D eigenvalue weighted by Crippen LogP contribution is -2.01. The van der Waals surface area contributed by atoms with Crippen LogP contribution >= 0.6 is 23.6 Å². The lowest BCUT2D eigenvalue weighted by atomic mass is 10.2. The van der Waals surface area contributed by atoms with E-state index in [1.807, 2.05) is 0 Å². The summed E-state index contributed by atoms with van der Waals surface area (Å²) < 4.78 is 28.6. The smallest absolute Gasteiger partial charge is 0.387 e. The highest BCUT2D eigenvalue weighted by molar-refractivity contribution is 7.73. The molecule has 0 spiro atoms. The number of nitrogens with zero attached hydrogens (tertiary/aromatic N) is 1. The molecule has 0 aliphatic rings. The van der Waals surface area contributed by atoms with Crippen molar-refractivity contribution in [2.45, 2.75) is 6.61 Å². The predicted molar refractivity (Wildman–Crippen MR) is 59.4 cm³/mol. The molecule has 2 rings (SSSR count). The number of hydrogen-bond acceptors (Lipinski definition) is 4. The number of ether oxygens (including phenoxy) is 1. The molecule has 0 aliphatic heterocycles. The van der Waals surface area contributed by atoms with Crippen molar-refractivity contribution in [3.8, 4) is 16.3 Å². The zero-order chi connectivity index (χ0) is 11.5. The van der Waals surface area contributed by atoms with Crippen molar-refractivity contribution in [3.05, 3.63) is 28.2 Å². The minimum absolute atomic E-state index is 0.123. The fraction of sp³-hybridized carbons (Fsp3) is 0.111. The molecule has 1 aromatic heterocycles. The molecule has 0 amide bonds. The highest BCUT2D eigenvalue weighted by atomic mass is 32.1. The number of aromatic nitrogens is 2. The van der Waals surface area contributed by atoms with E-state index in [0.717, 1.165) is 5.56 Å². The van der Waals surface area contributed by atoms with Crippen molar-refractivity contribution in [1.29, 1.82) is 0 Å². The van der Waals surface area contributed by atoms with Gasteiger partial charge in [-0.15, -0.1) is 0 Å². The number of hydrogen-bond donors (Lipinski definition) is 1. The van der Waals surface area contributed by atoms with Crippen LogP contribution in [0.4, 0.5) is 8.78 Å². The van der Waals surface area contributed by atoms with Crippen LogP contribution in [0.1, 0.15) is 0 Å². The Labute approximate surface area is 98.7 Å². The van der Waals surface area contributed by atoms with E-state index >= 15 is 0 Å². The van der Waals surface area contributed by atoms with Gasteiger partial charge in [0.1, 0.15) is 10.8 Å². The second kappa shape index (κ2) is 4.67. The topological polar surface area (TPSA) is 37.9 Å². The van der Waals surface area contributed by atoms with E-state index in [9.17, 15) is 8.78 Å². The number of halogens is 2. The Morgan fingerprint density at radius 2 is 2.00 bits per heavy atom. The van der Waals surface area contributed by atoms with Crippen LogP contribution in [-0.2, 0) is 0 Å². The van der Waals surface area contributed by atoms with Crippen LogP contribution in [-0.4, -0.2) is 16.8 Å². The fourth-order valence-electron chi connectivity index (χ4n) is 1.13. The Balaban J connectivity index is 2.22. The summed E-state index contributed by atoms with van der Waals surface area (Å²) in [4.78, 5) is 0. The highest BCUT2D eigenvalue weighted by Crippen LogP contribution is 2.24. The third kappa shape index (κ3) is 2.61. The molecule has 1 heterocycles. The zero-order valence-electron chi connectivity index (χ0n) is 7.81. The van der Waals surface area contributed by atoms with Gasteiger partial charge in [0.25, 0.3) is 0 Å². The van der Waals surface area contributed by atoms with Crippen LogP contribution in [0.2, 0.25) is 0 Å². The van der Waals surface area contributed by atoms with E-state index in [0.29, 0.717) is 8.96 Å². The molecule has 0 aliphatic carbocycles. The summed E-state index contributed by atoms with van der Waals surface area (Å²) in [7, 11) is 0. The van der Waals surface area contributed by atoms with E-state index in [-0.39, 0.29) is 5.75 Å². The summed E-state index contributed by atoms with van der Waals surface area (Å²) >= 11 is 6.21. The number of alkyl halides is 2. The Kier molecular flexibility index (Phi) is 3.25. The third-order valence-electron chi connectivity index (χ3n) is 1.76. The van der Waals surface area contributed by atoms with E-state index in [4.69, 9.17) is 12.2 Å². The quantitative estimate of drug-likeness (QED) is 0.859. The standard InChI is InChI=1S/C9H6F2N2OS2/c10-8(11)14-6-3-1-5(2-4-6)7-12-13-9(15)16-7/h1-4,8H,(H,13,15). The largest absolute Gasteiger partial charge is 0.435 e. The zero-order valence-corrected chi connectivity index (χ0v) is 9.45. The summed E-state index contributed by atoms with van der Waals surface area (Å²) in [5.41, 5.74) is 0.805. The fourth-order valence-corrected chi connectivity index (χ4v) is 2.03. The minimum atomic E-state index is -2.81. The average molecular weight is 260 g/mol. The van der Waals surface area contributed by atoms with Gasteiger partial charge in [0.15, 0.2) is 3.95 Å². The molecular weight excluding hydrogens is 254 g/mol. The summed E-state index contributed by atoms with van der Waals surface area (Å²) in [6.45, 7) is -2.81. The van der Waals surface area contributed by atoms with Crippen molar-refractivity contribution in [2.75, 3.05) is 0 Å². The Hall–Kier alpha value is -1.34. The van der Waals surface area contributed by atoms with E-state index in [1.54, 1.807) is 12.1 Å². The maximum atomic E-state index is 11.9. The van der Waals surface area contributed by atoms with Crippen molar-refractivity contribution in [3.63, 3.8) is 0 Å². The van der Waals surface area contributed by atoms with Gasteiger partial charge >= 0.3 is 6.61 Å². The van der Waals surface area contributed by atoms with Crippen molar-refractivity contribution in [1.82, 2.24) is 10.2 Å². The van der Waals surface area contributed by atoms with Gasteiger partial charge in [-0.2, -0.15) is 13.9 Å². The van der Waals surface area contributed by atoms with Gasteiger partial charge in [-0.1, -0.05) is 11.3 Å². The first kappa shape index (κ1) is 11.2. The van der Waals surface area contributed by atoms with Crippen LogP contribution in [0.3, 0.4) is 0 Å². The maximum Gasteiger partial charge on any atom is 0.387 e. The lowest BCUT2D eigenvalue weighted by Gasteiger charge is -2.03. The predicted octanol–water partition coefficient (Wildman–Crippen LogP) is 3.47. The van der Waals surface area contributed by atoms with Gasteiger partial charge in [0.2, 0.25) is 0 Å². The van der Waals surface area contributed by atoms with Gasteiger partial charge < -0.3 is 4.74 Å². The van der Waals surface area contributed by atoms with Crippen LogP contribution in [0, 0.1) is 3.95 Å². The van der Waals surface area contributed by atoms with E-state index < -0.39 is 6.61 Å². The number of H-pyrrole nitrogens is 1. The van der Waals surface area contributed by atoms with Crippen LogP contribution in [0.15, 0.2) is 24.3 Å². The first-order chi connectivity index (χ1) is 7.65. The molecule has 1 aromatic carbocycles. The van der Waals surface area contributed by atoms with Crippen LogP contribution in [0.25, 0.3) is 10.6 Å². The van der Waals surface area contributed by atoms with Gasteiger partial charge in [0.05, 0.1) is 0 Å². The monoisotopic (exact) mass is 260 g/mol. The molecule has 0 bridgehead atoms. The Morgan fingerprint density at radius 3 is 2.50 bits per heavy atom. The molecule has 84 valence electrons. The first-order valence-electron chi connectivity index (χ1n) is 4.26. The molecule has 1 N–H and O–H groups in total. The maximum absolute atomic E-state index is 11.9. The Morgan fingerprint density at radius 1 is 1.31 bits per heavy atom. The molecule has 0 saturated heterocycles. The molecule has 0 fully saturated rings.